The first kappa shape index (κ1) is 15.2. The molecule has 0 aliphatic carbocycles. The number of ether oxygens (including phenoxy) is 1. The Kier molecular flexibility index (Phi) is 6.13. The van der Waals surface area contributed by atoms with Crippen molar-refractivity contribution in [3.8, 4) is 0 Å². The standard InChI is InChI=1S/C13H22BrNOS/c1-5-6-15-12(7-13(2,3)16-4)10-8-17-9-11(10)14/h8-9,12,15H,5-7H2,1-4H3. The molecular weight excluding hydrogens is 298 g/mol. The monoisotopic (exact) mass is 319 g/mol. The van der Waals surface area contributed by atoms with E-state index in [1.807, 2.05) is 0 Å². The predicted octanol–water partition coefficient (Wildman–Crippen LogP) is 4.37. The molecule has 0 bridgehead atoms. The summed E-state index contributed by atoms with van der Waals surface area (Å²) in [6.07, 6.45) is 2.12. The molecule has 2 nitrogen and oxygen atoms in total. The van der Waals surface area contributed by atoms with Gasteiger partial charge in [-0.2, -0.15) is 11.3 Å². The summed E-state index contributed by atoms with van der Waals surface area (Å²) in [5.74, 6) is 0. The average Bonchev–Trinajstić information content (AvgIpc) is 2.70. The van der Waals surface area contributed by atoms with E-state index < -0.39 is 0 Å². The third-order valence-corrected chi connectivity index (χ3v) is 4.66. The Morgan fingerprint density at radius 2 is 2.18 bits per heavy atom. The van der Waals surface area contributed by atoms with Crippen molar-refractivity contribution in [1.29, 1.82) is 0 Å². The van der Waals surface area contributed by atoms with Gasteiger partial charge in [-0.3, -0.25) is 0 Å². The van der Waals surface area contributed by atoms with Gasteiger partial charge in [0, 0.05) is 23.0 Å². The van der Waals surface area contributed by atoms with Gasteiger partial charge in [-0.15, -0.1) is 0 Å². The molecule has 0 amide bonds. The van der Waals surface area contributed by atoms with E-state index in [-0.39, 0.29) is 5.60 Å². The van der Waals surface area contributed by atoms with E-state index in [4.69, 9.17) is 4.74 Å². The van der Waals surface area contributed by atoms with Gasteiger partial charge < -0.3 is 10.1 Å². The maximum atomic E-state index is 5.53. The third kappa shape index (κ3) is 4.70. The Balaban J connectivity index is 2.77. The number of thiophene rings is 1. The van der Waals surface area contributed by atoms with E-state index in [0.717, 1.165) is 19.4 Å². The first-order chi connectivity index (χ1) is 8.00. The summed E-state index contributed by atoms with van der Waals surface area (Å²) in [6.45, 7) is 7.49. The smallest absolute Gasteiger partial charge is 0.0640 e. The fourth-order valence-electron chi connectivity index (χ4n) is 1.73. The van der Waals surface area contributed by atoms with Crippen LogP contribution in [0.4, 0.5) is 0 Å². The molecule has 1 atom stereocenters. The highest BCUT2D eigenvalue weighted by molar-refractivity contribution is 9.10. The number of methoxy groups -OCH3 is 1. The topological polar surface area (TPSA) is 21.3 Å². The summed E-state index contributed by atoms with van der Waals surface area (Å²) >= 11 is 5.35. The van der Waals surface area contributed by atoms with E-state index in [1.54, 1.807) is 18.4 Å². The molecule has 0 aliphatic rings. The SMILES string of the molecule is CCCNC(CC(C)(C)OC)c1cscc1Br. The van der Waals surface area contributed by atoms with Crippen molar-refractivity contribution in [2.45, 2.75) is 45.3 Å². The molecule has 1 aromatic rings. The van der Waals surface area contributed by atoms with E-state index in [9.17, 15) is 0 Å². The zero-order chi connectivity index (χ0) is 12.9. The van der Waals surface area contributed by atoms with E-state index >= 15 is 0 Å². The van der Waals surface area contributed by atoms with E-state index in [2.05, 4.69) is 52.8 Å². The van der Waals surface area contributed by atoms with Gasteiger partial charge in [-0.25, -0.2) is 0 Å². The molecule has 98 valence electrons. The summed E-state index contributed by atoms with van der Waals surface area (Å²) in [7, 11) is 1.78. The van der Waals surface area contributed by atoms with E-state index in [0.29, 0.717) is 6.04 Å². The van der Waals surface area contributed by atoms with Gasteiger partial charge in [0.2, 0.25) is 0 Å². The van der Waals surface area contributed by atoms with Crippen LogP contribution in [-0.4, -0.2) is 19.3 Å². The lowest BCUT2D eigenvalue weighted by molar-refractivity contribution is 0.00683. The zero-order valence-corrected chi connectivity index (χ0v) is 13.5. The van der Waals surface area contributed by atoms with Crippen LogP contribution in [0.2, 0.25) is 0 Å². The first-order valence-electron chi connectivity index (χ1n) is 6.00. The van der Waals surface area contributed by atoms with Crippen molar-refractivity contribution in [2.24, 2.45) is 0 Å². The fraction of sp³-hybridized carbons (Fsp3) is 0.692. The van der Waals surface area contributed by atoms with Gasteiger partial charge in [-0.05, 0) is 60.1 Å². The molecular formula is C13H22BrNOS. The highest BCUT2D eigenvalue weighted by Gasteiger charge is 2.25. The highest BCUT2D eigenvalue weighted by atomic mass is 79.9. The van der Waals surface area contributed by atoms with Gasteiger partial charge in [0.15, 0.2) is 0 Å². The Morgan fingerprint density at radius 1 is 1.47 bits per heavy atom. The summed E-state index contributed by atoms with van der Waals surface area (Å²) in [5.41, 5.74) is 1.24. The summed E-state index contributed by atoms with van der Waals surface area (Å²) in [4.78, 5) is 0. The number of rotatable bonds is 7. The minimum atomic E-state index is -0.104. The Hall–Kier alpha value is 0.100. The van der Waals surface area contributed by atoms with Gasteiger partial charge >= 0.3 is 0 Å². The van der Waals surface area contributed by atoms with Gasteiger partial charge in [0.05, 0.1) is 5.60 Å². The highest BCUT2D eigenvalue weighted by Crippen LogP contribution is 2.33. The zero-order valence-electron chi connectivity index (χ0n) is 11.0. The molecule has 1 rings (SSSR count). The van der Waals surface area contributed by atoms with Crippen molar-refractivity contribution in [1.82, 2.24) is 5.32 Å². The van der Waals surface area contributed by atoms with Crippen LogP contribution in [0, 0.1) is 0 Å². The Labute approximate surface area is 117 Å². The van der Waals surface area contributed by atoms with Crippen molar-refractivity contribution < 1.29 is 4.74 Å². The van der Waals surface area contributed by atoms with Crippen LogP contribution in [0.5, 0.6) is 0 Å². The Bertz CT molecular complexity index is 338. The van der Waals surface area contributed by atoms with Crippen LogP contribution in [-0.2, 0) is 4.74 Å². The fourth-order valence-corrected chi connectivity index (χ4v) is 3.35. The molecule has 17 heavy (non-hydrogen) atoms. The third-order valence-electron chi connectivity index (χ3n) is 2.91. The lowest BCUT2D eigenvalue weighted by Gasteiger charge is -2.29. The number of halogens is 1. The first-order valence-corrected chi connectivity index (χ1v) is 7.74. The average molecular weight is 320 g/mol. The molecule has 4 heteroatoms. The van der Waals surface area contributed by atoms with Crippen molar-refractivity contribution in [3.63, 3.8) is 0 Å². The molecule has 0 saturated carbocycles. The van der Waals surface area contributed by atoms with Crippen LogP contribution < -0.4 is 5.32 Å². The minimum absolute atomic E-state index is 0.104. The molecule has 0 radical (unpaired) electrons. The summed E-state index contributed by atoms with van der Waals surface area (Å²) in [5, 5.41) is 7.95. The molecule has 0 aliphatic heterocycles. The van der Waals surface area contributed by atoms with E-state index in [1.165, 1.54) is 10.0 Å². The van der Waals surface area contributed by atoms with Crippen molar-refractivity contribution in [3.05, 3.63) is 20.8 Å². The van der Waals surface area contributed by atoms with Crippen LogP contribution in [0.3, 0.4) is 0 Å². The lowest BCUT2D eigenvalue weighted by atomic mass is 9.95. The summed E-state index contributed by atoms with van der Waals surface area (Å²) in [6, 6.07) is 0.352. The Morgan fingerprint density at radius 3 is 2.65 bits per heavy atom. The molecule has 1 N–H and O–H groups in total. The lowest BCUT2D eigenvalue weighted by Crippen LogP contribution is -2.32. The normalized spacial score (nSPS) is 13.9. The van der Waals surface area contributed by atoms with Crippen LogP contribution >= 0.6 is 27.3 Å². The number of hydrogen-bond donors (Lipinski definition) is 1. The van der Waals surface area contributed by atoms with Gasteiger partial charge in [0.1, 0.15) is 0 Å². The molecule has 0 saturated heterocycles. The van der Waals surface area contributed by atoms with Crippen LogP contribution in [0.15, 0.2) is 15.2 Å². The second-order valence-electron chi connectivity index (χ2n) is 4.85. The van der Waals surface area contributed by atoms with Gasteiger partial charge in [0.25, 0.3) is 0 Å². The minimum Gasteiger partial charge on any atom is -0.379 e. The van der Waals surface area contributed by atoms with Crippen molar-refractivity contribution >= 4 is 27.3 Å². The second-order valence-corrected chi connectivity index (χ2v) is 6.45. The van der Waals surface area contributed by atoms with Crippen LogP contribution in [0.1, 0.15) is 45.2 Å². The number of nitrogens with one attached hydrogen (secondary N) is 1. The molecule has 1 unspecified atom stereocenters. The summed E-state index contributed by atoms with van der Waals surface area (Å²) < 4.78 is 6.73. The quantitative estimate of drug-likeness (QED) is 0.806. The maximum Gasteiger partial charge on any atom is 0.0640 e. The second kappa shape index (κ2) is 6.88. The van der Waals surface area contributed by atoms with Crippen LogP contribution in [0.25, 0.3) is 0 Å². The largest absolute Gasteiger partial charge is 0.379 e. The maximum absolute atomic E-state index is 5.53. The van der Waals surface area contributed by atoms with Gasteiger partial charge in [-0.1, -0.05) is 6.92 Å². The number of hydrogen-bond acceptors (Lipinski definition) is 3. The molecule has 0 spiro atoms. The molecule has 0 aromatic carbocycles. The molecule has 1 heterocycles. The molecule has 0 fully saturated rings. The predicted molar refractivity (Wildman–Crippen MR) is 78.8 cm³/mol. The van der Waals surface area contributed by atoms with Crippen molar-refractivity contribution in [2.75, 3.05) is 13.7 Å². The molecule has 1 aromatic heterocycles.